The van der Waals surface area contributed by atoms with Crippen molar-refractivity contribution in [2.45, 2.75) is 66.4 Å². The third-order valence-electron chi connectivity index (χ3n) is 3.57. The molecule has 0 aliphatic carbocycles. The largest absolute Gasteiger partial charge is 0.379 e. The molecule has 0 fully saturated rings. The zero-order valence-corrected chi connectivity index (χ0v) is 12.0. The van der Waals surface area contributed by atoms with Crippen molar-refractivity contribution >= 4 is 5.78 Å². The number of ketones is 1. The first-order chi connectivity index (χ1) is 7.08. The summed E-state index contributed by atoms with van der Waals surface area (Å²) in [6, 6.07) is 0. The molecule has 0 rings (SSSR count). The number of hydrogen-bond donors (Lipinski definition) is 0. The van der Waals surface area contributed by atoms with Crippen molar-refractivity contribution in [2.24, 2.45) is 11.3 Å². The first-order valence-corrected chi connectivity index (χ1v) is 6.15. The number of carbonyl (C=O) groups excluding carboxylic acids is 1. The van der Waals surface area contributed by atoms with Gasteiger partial charge in [-0.3, -0.25) is 4.79 Å². The lowest BCUT2D eigenvalue weighted by molar-refractivity contribution is -0.122. The van der Waals surface area contributed by atoms with E-state index in [1.165, 1.54) is 0 Å². The van der Waals surface area contributed by atoms with Gasteiger partial charge in [0.25, 0.3) is 0 Å². The molecule has 2 heteroatoms. The summed E-state index contributed by atoms with van der Waals surface area (Å²) in [5.74, 6) is 0.790. The quantitative estimate of drug-likeness (QED) is 0.690. The Kier molecular flexibility index (Phi) is 5.67. The highest BCUT2D eigenvalue weighted by molar-refractivity contribution is 5.78. The molecule has 0 aliphatic heterocycles. The minimum atomic E-state index is -0.180. The van der Waals surface area contributed by atoms with Gasteiger partial charge in [-0.2, -0.15) is 0 Å². The Labute approximate surface area is 101 Å². The first kappa shape index (κ1) is 15.6. The van der Waals surface area contributed by atoms with Crippen LogP contribution >= 0.6 is 0 Å². The van der Waals surface area contributed by atoms with E-state index in [1.807, 2.05) is 13.8 Å². The number of Topliss-reactive ketones (excluding diaryl/α,β-unsaturated/α-hetero) is 1. The summed E-state index contributed by atoms with van der Waals surface area (Å²) in [5.41, 5.74) is 0.0348. The maximum absolute atomic E-state index is 11.8. The van der Waals surface area contributed by atoms with Crippen LogP contribution in [-0.4, -0.2) is 18.5 Å². The van der Waals surface area contributed by atoms with Gasteiger partial charge in [0.05, 0.1) is 5.60 Å². The van der Waals surface area contributed by atoms with E-state index in [9.17, 15) is 4.79 Å². The van der Waals surface area contributed by atoms with Crippen LogP contribution in [0.25, 0.3) is 0 Å². The molecule has 0 bridgehead atoms. The second-order valence-electron chi connectivity index (χ2n) is 6.47. The maximum Gasteiger partial charge on any atom is 0.133 e. The zero-order chi connectivity index (χ0) is 13.0. The van der Waals surface area contributed by atoms with Gasteiger partial charge in [0.1, 0.15) is 5.78 Å². The number of hydrogen-bond acceptors (Lipinski definition) is 2. The Hall–Kier alpha value is -0.370. The number of carbonyl (C=O) groups is 1. The standard InChI is InChI=1S/C14H28O2/c1-11(13(2,3)4)10-12(15)8-9-14(5,6)16-7/h11H,8-10H2,1-7H3. The second kappa shape index (κ2) is 5.81. The molecular formula is C14H28O2. The highest BCUT2D eigenvalue weighted by Crippen LogP contribution is 2.29. The van der Waals surface area contributed by atoms with Crippen molar-refractivity contribution in [1.29, 1.82) is 0 Å². The summed E-state index contributed by atoms with van der Waals surface area (Å²) in [4.78, 5) is 11.8. The minimum absolute atomic E-state index is 0.180. The van der Waals surface area contributed by atoms with E-state index in [0.717, 1.165) is 6.42 Å². The van der Waals surface area contributed by atoms with Crippen LogP contribution in [0.4, 0.5) is 0 Å². The predicted molar refractivity (Wildman–Crippen MR) is 68.6 cm³/mol. The summed E-state index contributed by atoms with van der Waals surface area (Å²) in [6.07, 6.45) is 2.11. The zero-order valence-electron chi connectivity index (χ0n) is 12.0. The number of ether oxygens (including phenoxy) is 1. The lowest BCUT2D eigenvalue weighted by Gasteiger charge is -2.27. The maximum atomic E-state index is 11.8. The first-order valence-electron chi connectivity index (χ1n) is 6.15. The van der Waals surface area contributed by atoms with Gasteiger partial charge in [0.15, 0.2) is 0 Å². The summed E-state index contributed by atoms with van der Waals surface area (Å²) in [7, 11) is 1.70. The topological polar surface area (TPSA) is 26.3 Å². The molecule has 0 spiro atoms. The predicted octanol–water partition coefficient (Wildman–Crippen LogP) is 3.83. The second-order valence-corrected chi connectivity index (χ2v) is 6.47. The van der Waals surface area contributed by atoms with Crippen LogP contribution in [0, 0.1) is 11.3 Å². The van der Waals surface area contributed by atoms with Crippen molar-refractivity contribution in [3.63, 3.8) is 0 Å². The number of methoxy groups -OCH3 is 1. The normalized spacial score (nSPS) is 14.9. The van der Waals surface area contributed by atoms with Crippen molar-refractivity contribution in [2.75, 3.05) is 7.11 Å². The van der Waals surface area contributed by atoms with E-state index in [4.69, 9.17) is 4.74 Å². The smallest absolute Gasteiger partial charge is 0.133 e. The van der Waals surface area contributed by atoms with Crippen LogP contribution in [0.3, 0.4) is 0 Å². The fourth-order valence-electron chi connectivity index (χ4n) is 1.29. The molecule has 0 saturated heterocycles. The lowest BCUT2D eigenvalue weighted by Crippen LogP contribution is -2.25. The van der Waals surface area contributed by atoms with E-state index >= 15 is 0 Å². The molecule has 1 atom stereocenters. The summed E-state index contributed by atoms with van der Waals surface area (Å²) in [6.45, 7) is 12.7. The Morgan fingerprint density at radius 2 is 1.69 bits per heavy atom. The van der Waals surface area contributed by atoms with E-state index in [-0.39, 0.29) is 11.0 Å². The molecule has 1 unspecified atom stereocenters. The molecule has 0 radical (unpaired) electrons. The molecule has 0 heterocycles. The van der Waals surface area contributed by atoms with Crippen molar-refractivity contribution in [1.82, 2.24) is 0 Å². The van der Waals surface area contributed by atoms with Crippen molar-refractivity contribution < 1.29 is 9.53 Å². The molecule has 0 aliphatic rings. The fourth-order valence-corrected chi connectivity index (χ4v) is 1.29. The van der Waals surface area contributed by atoms with Crippen LogP contribution < -0.4 is 0 Å². The highest BCUT2D eigenvalue weighted by Gasteiger charge is 2.24. The molecular weight excluding hydrogens is 200 g/mol. The number of rotatable bonds is 6. The van der Waals surface area contributed by atoms with Crippen LogP contribution in [0.1, 0.15) is 60.8 Å². The van der Waals surface area contributed by atoms with Crippen molar-refractivity contribution in [3.8, 4) is 0 Å². The Morgan fingerprint density at radius 1 is 1.19 bits per heavy atom. The average molecular weight is 228 g/mol. The molecule has 0 amide bonds. The molecule has 0 N–H and O–H groups in total. The van der Waals surface area contributed by atoms with Gasteiger partial charge < -0.3 is 4.74 Å². The Morgan fingerprint density at radius 3 is 2.06 bits per heavy atom. The van der Waals surface area contributed by atoms with Crippen LogP contribution in [0.5, 0.6) is 0 Å². The van der Waals surface area contributed by atoms with Gasteiger partial charge >= 0.3 is 0 Å². The van der Waals surface area contributed by atoms with Gasteiger partial charge in [-0.15, -0.1) is 0 Å². The molecule has 0 aromatic heterocycles. The van der Waals surface area contributed by atoms with Gasteiger partial charge in [0, 0.05) is 20.0 Å². The lowest BCUT2D eigenvalue weighted by atomic mass is 9.78. The SMILES string of the molecule is COC(C)(C)CCC(=O)CC(C)C(C)(C)C. The molecule has 2 nitrogen and oxygen atoms in total. The summed E-state index contributed by atoms with van der Waals surface area (Å²) in [5, 5.41) is 0. The summed E-state index contributed by atoms with van der Waals surface area (Å²) >= 11 is 0. The molecule has 16 heavy (non-hydrogen) atoms. The molecule has 0 aromatic carbocycles. The third-order valence-corrected chi connectivity index (χ3v) is 3.57. The monoisotopic (exact) mass is 228 g/mol. The van der Waals surface area contributed by atoms with Crippen molar-refractivity contribution in [3.05, 3.63) is 0 Å². The van der Waals surface area contributed by atoms with Gasteiger partial charge in [0.2, 0.25) is 0 Å². The van der Waals surface area contributed by atoms with Gasteiger partial charge in [-0.1, -0.05) is 27.7 Å². The minimum Gasteiger partial charge on any atom is -0.379 e. The summed E-state index contributed by atoms with van der Waals surface area (Å²) < 4.78 is 5.31. The van der Waals surface area contributed by atoms with E-state index in [0.29, 0.717) is 24.5 Å². The average Bonchev–Trinajstić information content (AvgIpc) is 2.13. The molecule has 96 valence electrons. The Bertz CT molecular complexity index is 223. The third kappa shape index (κ3) is 6.26. The van der Waals surface area contributed by atoms with E-state index < -0.39 is 0 Å². The van der Waals surface area contributed by atoms with E-state index in [2.05, 4.69) is 27.7 Å². The molecule has 0 aromatic rings. The van der Waals surface area contributed by atoms with Gasteiger partial charge in [-0.05, 0) is 31.6 Å². The fraction of sp³-hybridized carbons (Fsp3) is 0.929. The van der Waals surface area contributed by atoms with E-state index in [1.54, 1.807) is 7.11 Å². The van der Waals surface area contributed by atoms with Gasteiger partial charge in [-0.25, -0.2) is 0 Å². The Balaban J connectivity index is 4.02. The van der Waals surface area contributed by atoms with Crippen LogP contribution in [-0.2, 0) is 9.53 Å². The molecule has 0 saturated carbocycles. The van der Waals surface area contributed by atoms with Crippen LogP contribution in [0.2, 0.25) is 0 Å². The van der Waals surface area contributed by atoms with Crippen LogP contribution in [0.15, 0.2) is 0 Å². The highest BCUT2D eigenvalue weighted by atomic mass is 16.5.